The van der Waals surface area contributed by atoms with Gasteiger partial charge in [0.25, 0.3) is 0 Å². The molecule has 1 atom stereocenters. The molecule has 2 aromatic heterocycles. The van der Waals surface area contributed by atoms with Crippen molar-refractivity contribution in [3.8, 4) is 0 Å². The number of imidazole rings is 1. The van der Waals surface area contributed by atoms with Crippen LogP contribution in [-0.2, 0) is 10.0 Å². The minimum atomic E-state index is -3.61. The van der Waals surface area contributed by atoms with Crippen LogP contribution in [0.5, 0.6) is 0 Å². The molecule has 0 saturated carbocycles. The molecular formula is C19H21F2N5O2S. The first-order valence-corrected chi connectivity index (χ1v) is 10.7. The average molecular weight is 421 g/mol. The van der Waals surface area contributed by atoms with Crippen LogP contribution in [0.4, 0.5) is 8.78 Å². The zero-order chi connectivity index (χ0) is 20.6. The molecule has 1 fully saturated rings. The topological polar surface area (TPSA) is 71.3 Å². The molecule has 7 nitrogen and oxygen atoms in total. The zero-order valence-electron chi connectivity index (χ0n) is 15.8. The first kappa shape index (κ1) is 19.9. The molecule has 0 aliphatic carbocycles. The number of halogens is 2. The summed E-state index contributed by atoms with van der Waals surface area (Å²) in [6, 6.07) is 9.54. The third kappa shape index (κ3) is 3.63. The third-order valence-electron chi connectivity index (χ3n) is 5.29. The highest BCUT2D eigenvalue weighted by Gasteiger charge is 2.32. The Morgan fingerprint density at radius 3 is 2.41 bits per heavy atom. The van der Waals surface area contributed by atoms with E-state index in [1.54, 1.807) is 30.3 Å². The molecule has 1 aliphatic heterocycles. The number of hydrogen-bond donors (Lipinski definition) is 0. The Kier molecular flexibility index (Phi) is 5.32. The summed E-state index contributed by atoms with van der Waals surface area (Å²) in [5.74, 6) is 0.282. The lowest BCUT2D eigenvalue weighted by Crippen LogP contribution is -2.49. The molecule has 29 heavy (non-hydrogen) atoms. The Morgan fingerprint density at radius 2 is 1.76 bits per heavy atom. The summed E-state index contributed by atoms with van der Waals surface area (Å²) in [5, 5.41) is 0. The fourth-order valence-corrected chi connectivity index (χ4v) is 5.09. The number of pyridine rings is 1. The Labute approximate surface area is 167 Å². The van der Waals surface area contributed by atoms with Crippen LogP contribution in [0.2, 0.25) is 0 Å². The number of para-hydroxylation sites is 2. The lowest BCUT2D eigenvalue weighted by molar-refractivity contribution is 0.0616. The van der Waals surface area contributed by atoms with Gasteiger partial charge in [0.15, 0.2) is 0 Å². The molecule has 1 aromatic carbocycles. The van der Waals surface area contributed by atoms with Gasteiger partial charge in [-0.2, -0.15) is 13.1 Å². The van der Waals surface area contributed by atoms with Gasteiger partial charge in [0.05, 0.1) is 17.1 Å². The number of rotatable bonds is 5. The predicted molar refractivity (Wildman–Crippen MR) is 104 cm³/mol. The molecule has 1 saturated heterocycles. The first-order chi connectivity index (χ1) is 13.9. The standard InChI is InChI=1S/C19H21F2N5O2S/c1-14(18-23-16-6-2-3-7-17(16)26(18)19(20)21)24-9-11-25(12-10-24)29(27,28)15-5-4-8-22-13-15/h2-8,13-14,19H,9-12H2,1H3/t14-/m0/s1. The molecule has 154 valence electrons. The Morgan fingerprint density at radius 1 is 1.03 bits per heavy atom. The van der Waals surface area contributed by atoms with Crippen LogP contribution >= 0.6 is 0 Å². The maximum atomic E-state index is 13.7. The van der Waals surface area contributed by atoms with Gasteiger partial charge in [-0.15, -0.1) is 0 Å². The van der Waals surface area contributed by atoms with Crippen molar-refractivity contribution in [2.24, 2.45) is 0 Å². The van der Waals surface area contributed by atoms with Crippen LogP contribution in [0.3, 0.4) is 0 Å². The van der Waals surface area contributed by atoms with Gasteiger partial charge < -0.3 is 0 Å². The SMILES string of the molecule is C[C@@H](c1nc2ccccc2n1C(F)F)N1CCN(S(=O)(=O)c2cccnc2)CC1. The largest absolute Gasteiger partial charge is 0.320 e. The lowest BCUT2D eigenvalue weighted by atomic mass is 10.2. The maximum absolute atomic E-state index is 13.7. The molecule has 3 aromatic rings. The fourth-order valence-electron chi connectivity index (χ4n) is 3.71. The quantitative estimate of drug-likeness (QED) is 0.634. The first-order valence-electron chi connectivity index (χ1n) is 9.29. The summed E-state index contributed by atoms with van der Waals surface area (Å²) in [5.41, 5.74) is 0.912. The summed E-state index contributed by atoms with van der Waals surface area (Å²) in [7, 11) is -3.61. The summed E-state index contributed by atoms with van der Waals surface area (Å²) < 4.78 is 55.3. The van der Waals surface area contributed by atoms with Gasteiger partial charge in [-0.25, -0.2) is 13.4 Å². The van der Waals surface area contributed by atoms with E-state index in [-0.39, 0.29) is 29.9 Å². The van der Waals surface area contributed by atoms with Gasteiger partial charge in [-0.05, 0) is 31.2 Å². The molecule has 0 bridgehead atoms. The number of hydrogen-bond acceptors (Lipinski definition) is 5. The van der Waals surface area contributed by atoms with Crippen molar-refractivity contribution in [2.75, 3.05) is 26.2 Å². The van der Waals surface area contributed by atoms with E-state index in [1.165, 1.54) is 22.8 Å². The van der Waals surface area contributed by atoms with Crippen LogP contribution in [0, 0.1) is 0 Å². The average Bonchev–Trinajstić information content (AvgIpc) is 3.14. The monoisotopic (exact) mass is 421 g/mol. The smallest absolute Gasteiger partial charge is 0.291 e. The molecule has 3 heterocycles. The van der Waals surface area contributed by atoms with Crippen LogP contribution in [0.1, 0.15) is 25.3 Å². The second-order valence-corrected chi connectivity index (χ2v) is 8.85. The number of fused-ring (bicyclic) bond motifs is 1. The second kappa shape index (κ2) is 7.77. The second-order valence-electron chi connectivity index (χ2n) is 6.91. The predicted octanol–water partition coefficient (Wildman–Crippen LogP) is 2.89. The van der Waals surface area contributed by atoms with E-state index < -0.39 is 16.6 Å². The normalized spacial score (nSPS) is 17.8. The van der Waals surface area contributed by atoms with Gasteiger partial charge in [0, 0.05) is 38.6 Å². The minimum Gasteiger partial charge on any atom is -0.291 e. The van der Waals surface area contributed by atoms with Crippen LogP contribution < -0.4 is 0 Å². The van der Waals surface area contributed by atoms with Crippen LogP contribution in [-0.4, -0.2) is 58.3 Å². The van der Waals surface area contributed by atoms with Crippen molar-refractivity contribution in [1.82, 2.24) is 23.7 Å². The maximum Gasteiger partial charge on any atom is 0.320 e. The fraction of sp³-hybridized carbons (Fsp3) is 0.368. The highest BCUT2D eigenvalue weighted by molar-refractivity contribution is 7.89. The molecule has 0 N–H and O–H groups in total. The zero-order valence-corrected chi connectivity index (χ0v) is 16.6. The van der Waals surface area contributed by atoms with E-state index in [0.29, 0.717) is 24.1 Å². The Balaban J connectivity index is 1.54. The number of benzene rings is 1. The number of aromatic nitrogens is 3. The summed E-state index contributed by atoms with van der Waals surface area (Å²) >= 11 is 0. The van der Waals surface area contributed by atoms with E-state index in [4.69, 9.17) is 0 Å². The van der Waals surface area contributed by atoms with Crippen molar-refractivity contribution >= 4 is 21.1 Å². The van der Waals surface area contributed by atoms with E-state index in [2.05, 4.69) is 9.97 Å². The molecule has 0 amide bonds. The van der Waals surface area contributed by atoms with Gasteiger partial charge in [0.2, 0.25) is 10.0 Å². The molecule has 0 unspecified atom stereocenters. The molecule has 1 aliphatic rings. The third-order valence-corrected chi connectivity index (χ3v) is 7.17. The lowest BCUT2D eigenvalue weighted by Gasteiger charge is -2.37. The van der Waals surface area contributed by atoms with Crippen molar-refractivity contribution in [1.29, 1.82) is 0 Å². The molecule has 0 spiro atoms. The van der Waals surface area contributed by atoms with E-state index in [0.717, 1.165) is 4.57 Å². The van der Waals surface area contributed by atoms with Gasteiger partial charge in [-0.1, -0.05) is 12.1 Å². The Bertz CT molecular complexity index is 1100. The highest BCUT2D eigenvalue weighted by atomic mass is 32.2. The van der Waals surface area contributed by atoms with Gasteiger partial charge in [0.1, 0.15) is 10.7 Å². The summed E-state index contributed by atoms with van der Waals surface area (Å²) in [4.78, 5) is 10.4. The molecule has 4 rings (SSSR count). The summed E-state index contributed by atoms with van der Waals surface area (Å²) in [6.45, 7) is 0.519. The van der Waals surface area contributed by atoms with Crippen molar-refractivity contribution < 1.29 is 17.2 Å². The van der Waals surface area contributed by atoms with E-state index in [9.17, 15) is 17.2 Å². The van der Waals surface area contributed by atoms with Crippen molar-refractivity contribution in [3.05, 3.63) is 54.6 Å². The molecular weight excluding hydrogens is 400 g/mol. The van der Waals surface area contributed by atoms with Crippen molar-refractivity contribution in [2.45, 2.75) is 24.4 Å². The molecule has 0 radical (unpaired) electrons. The van der Waals surface area contributed by atoms with E-state index >= 15 is 0 Å². The van der Waals surface area contributed by atoms with Gasteiger partial charge in [-0.3, -0.25) is 14.5 Å². The summed E-state index contributed by atoms with van der Waals surface area (Å²) in [6.07, 6.45) is 2.85. The van der Waals surface area contributed by atoms with Crippen LogP contribution in [0.25, 0.3) is 11.0 Å². The Hall–Kier alpha value is -2.43. The number of alkyl halides is 2. The highest BCUT2D eigenvalue weighted by Crippen LogP contribution is 2.30. The molecule has 10 heteroatoms. The number of piperazine rings is 1. The van der Waals surface area contributed by atoms with Crippen LogP contribution in [0.15, 0.2) is 53.7 Å². The number of nitrogens with zero attached hydrogens (tertiary/aromatic N) is 5. The van der Waals surface area contributed by atoms with E-state index in [1.807, 2.05) is 11.8 Å². The van der Waals surface area contributed by atoms with Gasteiger partial charge >= 0.3 is 6.55 Å². The minimum absolute atomic E-state index is 0.154. The van der Waals surface area contributed by atoms with Crippen molar-refractivity contribution in [3.63, 3.8) is 0 Å². The number of sulfonamides is 1.